The molecule has 1 rings (SSSR count). The Kier molecular flexibility index (Phi) is 2.38. The maximum Gasteiger partial charge on any atom is 0.149 e. The van der Waals surface area contributed by atoms with Crippen molar-refractivity contribution >= 4 is 23.2 Å². The summed E-state index contributed by atoms with van der Waals surface area (Å²) in [6.45, 7) is 0. The first-order chi connectivity index (χ1) is 4.72. The molecule has 2 nitrogen and oxygen atoms in total. The van der Waals surface area contributed by atoms with Crippen molar-refractivity contribution in [1.82, 2.24) is 0 Å². The van der Waals surface area contributed by atoms with Crippen LogP contribution >= 0.6 is 23.2 Å². The van der Waals surface area contributed by atoms with E-state index in [0.717, 1.165) is 0 Å². The van der Waals surface area contributed by atoms with Gasteiger partial charge in [-0.2, -0.15) is 5.90 Å². The highest BCUT2D eigenvalue weighted by Crippen LogP contribution is 2.22. The molecule has 0 spiro atoms. The van der Waals surface area contributed by atoms with Gasteiger partial charge in [0.25, 0.3) is 0 Å². The van der Waals surface area contributed by atoms with Crippen molar-refractivity contribution < 1.29 is 4.84 Å². The minimum Gasteiger partial charge on any atom is -0.411 e. The molecular formula is C6H5Cl2NO. The van der Waals surface area contributed by atoms with Gasteiger partial charge < -0.3 is 4.84 Å². The van der Waals surface area contributed by atoms with E-state index in [1.165, 1.54) is 0 Å². The van der Waals surface area contributed by atoms with Crippen LogP contribution in [0.3, 0.4) is 0 Å². The minimum absolute atomic E-state index is 0.456. The van der Waals surface area contributed by atoms with Crippen LogP contribution in [0.2, 0.25) is 10.0 Å². The summed E-state index contributed by atoms with van der Waals surface area (Å²) in [6.07, 6.45) is 0. The van der Waals surface area contributed by atoms with E-state index < -0.39 is 0 Å². The van der Waals surface area contributed by atoms with Gasteiger partial charge in [0.05, 0.1) is 0 Å². The molecule has 0 bridgehead atoms. The predicted octanol–water partition coefficient (Wildman–Crippen LogP) is 2.25. The van der Waals surface area contributed by atoms with Gasteiger partial charge in [0.2, 0.25) is 0 Å². The Morgan fingerprint density at radius 1 is 1.10 bits per heavy atom. The van der Waals surface area contributed by atoms with Gasteiger partial charge in [-0.05, 0) is 6.07 Å². The van der Waals surface area contributed by atoms with E-state index in [2.05, 4.69) is 4.84 Å². The van der Waals surface area contributed by atoms with Gasteiger partial charge in [-0.15, -0.1) is 0 Å². The van der Waals surface area contributed by atoms with E-state index >= 15 is 0 Å². The van der Waals surface area contributed by atoms with Crippen LogP contribution in [0.25, 0.3) is 0 Å². The Hall–Kier alpha value is -0.440. The molecule has 0 aliphatic carbocycles. The fraction of sp³-hybridized carbons (Fsp3) is 0. The molecule has 1 aromatic rings. The Balaban J connectivity index is 3.06. The lowest BCUT2D eigenvalue weighted by atomic mass is 10.3. The molecule has 0 unspecified atom stereocenters. The number of nitrogens with two attached hydrogens (primary N) is 1. The highest BCUT2D eigenvalue weighted by Gasteiger charge is 1.96. The van der Waals surface area contributed by atoms with Gasteiger partial charge in [0.15, 0.2) is 0 Å². The molecule has 0 heterocycles. The molecule has 54 valence electrons. The molecule has 0 aliphatic heterocycles. The molecule has 0 radical (unpaired) electrons. The van der Waals surface area contributed by atoms with Gasteiger partial charge >= 0.3 is 0 Å². The minimum atomic E-state index is 0.456. The zero-order valence-corrected chi connectivity index (χ0v) is 6.49. The predicted molar refractivity (Wildman–Crippen MR) is 41.3 cm³/mol. The van der Waals surface area contributed by atoms with Crippen LogP contribution in [0.5, 0.6) is 5.75 Å². The van der Waals surface area contributed by atoms with Crippen LogP contribution in [-0.2, 0) is 0 Å². The quantitative estimate of drug-likeness (QED) is 0.669. The number of halogens is 2. The van der Waals surface area contributed by atoms with Crippen LogP contribution in [0.4, 0.5) is 0 Å². The molecule has 0 saturated heterocycles. The second-order valence-corrected chi connectivity index (χ2v) is 2.60. The fourth-order valence-electron chi connectivity index (χ4n) is 0.597. The van der Waals surface area contributed by atoms with Crippen molar-refractivity contribution in [3.05, 3.63) is 28.2 Å². The summed E-state index contributed by atoms with van der Waals surface area (Å²) in [5.41, 5.74) is 0. The van der Waals surface area contributed by atoms with Gasteiger partial charge in [-0.25, -0.2) is 0 Å². The molecule has 0 saturated carbocycles. The average molecular weight is 178 g/mol. The van der Waals surface area contributed by atoms with E-state index in [4.69, 9.17) is 29.1 Å². The Bertz CT molecular complexity index is 219. The summed E-state index contributed by atoms with van der Waals surface area (Å²) in [5, 5.41) is 1.01. The standard InChI is InChI=1S/C6H5Cl2NO/c7-4-1-5(8)3-6(2-4)10-9/h1-3H,9H2. The molecule has 0 amide bonds. The number of rotatable bonds is 1. The highest BCUT2D eigenvalue weighted by molar-refractivity contribution is 6.34. The molecule has 0 fully saturated rings. The molecular weight excluding hydrogens is 173 g/mol. The third-order valence-electron chi connectivity index (χ3n) is 0.972. The zero-order chi connectivity index (χ0) is 7.56. The Morgan fingerprint density at radius 2 is 1.60 bits per heavy atom. The second kappa shape index (κ2) is 3.10. The summed E-state index contributed by atoms with van der Waals surface area (Å²) in [6, 6.07) is 4.76. The number of hydrogen-bond donors (Lipinski definition) is 1. The maximum atomic E-state index is 5.61. The summed E-state index contributed by atoms with van der Waals surface area (Å²) in [4.78, 5) is 4.41. The maximum absolute atomic E-state index is 5.61. The lowest BCUT2D eigenvalue weighted by molar-refractivity contribution is 0.334. The third kappa shape index (κ3) is 1.77. The third-order valence-corrected chi connectivity index (χ3v) is 1.41. The molecule has 4 heteroatoms. The van der Waals surface area contributed by atoms with Crippen LogP contribution in [0, 0.1) is 0 Å². The van der Waals surface area contributed by atoms with Crippen molar-refractivity contribution in [2.24, 2.45) is 5.90 Å². The van der Waals surface area contributed by atoms with E-state index in [1.807, 2.05) is 0 Å². The highest BCUT2D eigenvalue weighted by atomic mass is 35.5. The van der Waals surface area contributed by atoms with Gasteiger partial charge in [-0.3, -0.25) is 0 Å². The van der Waals surface area contributed by atoms with Gasteiger partial charge in [0.1, 0.15) is 5.75 Å². The molecule has 2 N–H and O–H groups in total. The van der Waals surface area contributed by atoms with E-state index in [0.29, 0.717) is 15.8 Å². The van der Waals surface area contributed by atoms with Crippen LogP contribution in [0.15, 0.2) is 18.2 Å². The lowest BCUT2D eigenvalue weighted by Gasteiger charge is -1.98. The summed E-state index contributed by atoms with van der Waals surface area (Å²) >= 11 is 11.2. The zero-order valence-electron chi connectivity index (χ0n) is 4.97. The van der Waals surface area contributed by atoms with Gasteiger partial charge in [-0.1, -0.05) is 23.2 Å². The number of hydrogen-bond acceptors (Lipinski definition) is 2. The molecule has 0 aromatic heterocycles. The Morgan fingerprint density at radius 3 is 2.00 bits per heavy atom. The van der Waals surface area contributed by atoms with E-state index in [9.17, 15) is 0 Å². The monoisotopic (exact) mass is 177 g/mol. The molecule has 0 atom stereocenters. The van der Waals surface area contributed by atoms with Crippen LogP contribution < -0.4 is 10.7 Å². The number of benzene rings is 1. The first kappa shape index (κ1) is 7.66. The van der Waals surface area contributed by atoms with Gasteiger partial charge in [0, 0.05) is 22.2 Å². The second-order valence-electron chi connectivity index (χ2n) is 1.72. The summed E-state index contributed by atoms with van der Waals surface area (Å²) < 4.78 is 0. The largest absolute Gasteiger partial charge is 0.411 e. The normalized spacial score (nSPS) is 9.50. The molecule has 0 aliphatic rings. The smallest absolute Gasteiger partial charge is 0.149 e. The SMILES string of the molecule is NOc1cc(Cl)cc(Cl)c1. The molecule has 10 heavy (non-hydrogen) atoms. The first-order valence-electron chi connectivity index (χ1n) is 2.55. The van der Waals surface area contributed by atoms with E-state index in [-0.39, 0.29) is 0 Å². The first-order valence-corrected chi connectivity index (χ1v) is 3.31. The summed E-state index contributed by atoms with van der Waals surface area (Å²) in [5.74, 6) is 5.33. The topological polar surface area (TPSA) is 35.2 Å². The van der Waals surface area contributed by atoms with Crippen LogP contribution in [0.1, 0.15) is 0 Å². The van der Waals surface area contributed by atoms with Crippen molar-refractivity contribution in [2.75, 3.05) is 0 Å². The van der Waals surface area contributed by atoms with Crippen molar-refractivity contribution in [3.63, 3.8) is 0 Å². The van der Waals surface area contributed by atoms with Crippen molar-refractivity contribution in [1.29, 1.82) is 0 Å². The average Bonchev–Trinajstić information content (AvgIpc) is 1.85. The van der Waals surface area contributed by atoms with Crippen molar-refractivity contribution in [2.45, 2.75) is 0 Å². The van der Waals surface area contributed by atoms with Crippen molar-refractivity contribution in [3.8, 4) is 5.75 Å². The fourth-order valence-corrected chi connectivity index (χ4v) is 1.10. The molecule has 1 aromatic carbocycles. The Labute approximate surface area is 68.4 Å². The van der Waals surface area contributed by atoms with E-state index in [1.54, 1.807) is 18.2 Å². The summed E-state index contributed by atoms with van der Waals surface area (Å²) in [7, 11) is 0. The van der Waals surface area contributed by atoms with Crippen LogP contribution in [-0.4, -0.2) is 0 Å². The lowest BCUT2D eigenvalue weighted by Crippen LogP contribution is -2.01.